The topological polar surface area (TPSA) is 3.24 Å². The number of hydrogen-bond donors (Lipinski definition) is 0. The molecule has 0 bridgehead atoms. The molecule has 0 saturated heterocycles. The quantitative estimate of drug-likeness (QED) is 0.515. The first-order valence-electron chi connectivity index (χ1n) is 3.79. The summed E-state index contributed by atoms with van der Waals surface area (Å²) in [5, 5.41) is 0.370. The Labute approximate surface area is 80.8 Å². The summed E-state index contributed by atoms with van der Waals surface area (Å²) in [5.41, 5.74) is 0. The third-order valence-electron chi connectivity index (χ3n) is 2.57. The van der Waals surface area contributed by atoms with E-state index >= 15 is 0 Å². The molecule has 0 heterocycles. The molecule has 4 heteroatoms. The molecule has 0 aliphatic heterocycles. The van der Waals surface area contributed by atoms with Gasteiger partial charge in [-0.15, -0.1) is 23.2 Å². The molecule has 0 rings (SSSR count). The average molecular weight is 214 g/mol. The Morgan fingerprint density at radius 2 is 1.36 bits per heavy atom. The van der Waals surface area contributed by atoms with Crippen molar-refractivity contribution in [2.24, 2.45) is 0 Å². The molecule has 0 spiro atoms. The van der Waals surface area contributed by atoms with Crippen molar-refractivity contribution in [2.75, 3.05) is 14.1 Å². The van der Waals surface area contributed by atoms with E-state index in [1.807, 2.05) is 13.8 Å². The number of halogens is 2. The minimum atomic E-state index is -1.62. The molecule has 0 aromatic carbocycles. The fraction of sp³-hybridized carbons (Fsp3) is 1.00. The van der Waals surface area contributed by atoms with E-state index < -0.39 is 8.24 Å². The normalized spacial score (nSPS) is 22.9. The Hall–Kier alpha value is 0.757. The van der Waals surface area contributed by atoms with Crippen molar-refractivity contribution in [2.45, 2.75) is 30.4 Å². The summed E-state index contributed by atoms with van der Waals surface area (Å²) in [6.07, 6.45) is 0. The molecule has 0 aliphatic rings. The first-order valence-corrected chi connectivity index (χ1v) is 7.26. The lowest BCUT2D eigenvalue weighted by Crippen LogP contribution is -2.59. The van der Waals surface area contributed by atoms with Gasteiger partial charge >= 0.3 is 0 Å². The summed E-state index contributed by atoms with van der Waals surface area (Å²) < 4.78 is 2.21. The number of alkyl halides is 2. The first-order chi connectivity index (χ1) is 4.83. The van der Waals surface area contributed by atoms with Gasteiger partial charge in [0.15, 0.2) is 8.24 Å². The largest absolute Gasteiger partial charge is 0.327 e. The Bertz CT molecular complexity index is 104. The van der Waals surface area contributed by atoms with Crippen LogP contribution in [0.2, 0.25) is 6.55 Å². The van der Waals surface area contributed by atoms with Crippen LogP contribution in [0.1, 0.15) is 13.8 Å². The van der Waals surface area contributed by atoms with E-state index in [9.17, 15) is 0 Å². The average Bonchev–Trinajstić information content (AvgIpc) is 1.84. The zero-order chi connectivity index (χ0) is 9.23. The molecule has 0 aliphatic carbocycles. The number of nitrogens with zero attached hydrogens (tertiary/aromatic N) is 1. The molecule has 68 valence electrons. The van der Waals surface area contributed by atoms with Crippen LogP contribution in [0.5, 0.6) is 0 Å². The standard InChI is InChI=1S/C7H17Cl2NSi/c1-6(8)11(5,7(2)9)10(3)4/h6-7H,1-5H3. The molecule has 11 heavy (non-hydrogen) atoms. The molecule has 1 nitrogen and oxygen atoms in total. The Balaban J connectivity index is 4.53. The Morgan fingerprint density at radius 1 is 1.09 bits per heavy atom. The number of rotatable bonds is 3. The monoisotopic (exact) mass is 213 g/mol. The lowest BCUT2D eigenvalue weighted by molar-refractivity contribution is 0.603. The highest BCUT2D eigenvalue weighted by Crippen LogP contribution is 2.23. The van der Waals surface area contributed by atoms with Crippen LogP contribution in [0.3, 0.4) is 0 Å². The fourth-order valence-corrected chi connectivity index (χ4v) is 5.58. The fourth-order valence-electron chi connectivity index (χ4n) is 1.03. The highest BCUT2D eigenvalue weighted by molar-refractivity contribution is 6.89. The van der Waals surface area contributed by atoms with E-state index in [0.717, 1.165) is 0 Å². The maximum absolute atomic E-state index is 6.11. The Kier molecular flexibility index (Phi) is 4.41. The van der Waals surface area contributed by atoms with Gasteiger partial charge in [0.05, 0.1) is 0 Å². The first kappa shape index (κ1) is 11.8. The summed E-state index contributed by atoms with van der Waals surface area (Å²) in [6.45, 7) is 6.28. The third kappa shape index (κ3) is 2.34. The van der Waals surface area contributed by atoms with Crippen LogP contribution in [0.15, 0.2) is 0 Å². The van der Waals surface area contributed by atoms with E-state index in [0.29, 0.717) is 0 Å². The number of hydrogen-bond acceptors (Lipinski definition) is 1. The van der Waals surface area contributed by atoms with Gasteiger partial charge < -0.3 is 4.57 Å². The van der Waals surface area contributed by atoms with Gasteiger partial charge in [0.1, 0.15) is 0 Å². The van der Waals surface area contributed by atoms with Crippen molar-refractivity contribution in [3.63, 3.8) is 0 Å². The van der Waals surface area contributed by atoms with Crippen LogP contribution < -0.4 is 0 Å². The minimum Gasteiger partial charge on any atom is -0.327 e. The molecule has 2 unspecified atom stereocenters. The SMILES string of the molecule is CC(Cl)[Si](C)(C(C)Cl)N(C)C. The van der Waals surface area contributed by atoms with Crippen molar-refractivity contribution in [3.8, 4) is 0 Å². The van der Waals surface area contributed by atoms with Gasteiger partial charge in [0, 0.05) is 10.0 Å². The van der Waals surface area contributed by atoms with E-state index in [1.54, 1.807) is 0 Å². The molecule has 0 fully saturated rings. The van der Waals surface area contributed by atoms with Crippen molar-refractivity contribution in [3.05, 3.63) is 0 Å². The van der Waals surface area contributed by atoms with Gasteiger partial charge in [0.25, 0.3) is 0 Å². The highest BCUT2D eigenvalue weighted by atomic mass is 35.5. The van der Waals surface area contributed by atoms with Crippen LogP contribution in [0.4, 0.5) is 0 Å². The Morgan fingerprint density at radius 3 is 1.36 bits per heavy atom. The van der Waals surface area contributed by atoms with Crippen LogP contribution in [-0.2, 0) is 0 Å². The zero-order valence-corrected chi connectivity index (χ0v) is 10.4. The molecule has 0 aromatic heterocycles. The van der Waals surface area contributed by atoms with Crippen LogP contribution in [-0.4, -0.2) is 36.9 Å². The summed E-state index contributed by atoms with van der Waals surface area (Å²) >= 11 is 12.2. The molecular weight excluding hydrogens is 197 g/mol. The maximum Gasteiger partial charge on any atom is 0.160 e. The van der Waals surface area contributed by atoms with Crippen molar-refractivity contribution >= 4 is 31.4 Å². The summed E-state index contributed by atoms with van der Waals surface area (Å²) in [6, 6.07) is 0. The van der Waals surface area contributed by atoms with E-state index in [4.69, 9.17) is 23.2 Å². The summed E-state index contributed by atoms with van der Waals surface area (Å²) in [4.78, 5) is 0. The second-order valence-corrected chi connectivity index (χ2v) is 10.5. The molecule has 0 amide bonds. The van der Waals surface area contributed by atoms with Gasteiger partial charge in [-0.3, -0.25) is 0 Å². The maximum atomic E-state index is 6.11. The lowest BCUT2D eigenvalue weighted by atomic mass is 10.9. The predicted octanol–water partition coefficient (Wildman–Crippen LogP) is 2.46. The van der Waals surface area contributed by atoms with E-state index in [-0.39, 0.29) is 10.0 Å². The minimum absolute atomic E-state index is 0.185. The van der Waals surface area contributed by atoms with Crippen molar-refractivity contribution < 1.29 is 0 Å². The van der Waals surface area contributed by atoms with Gasteiger partial charge in [-0.25, -0.2) is 0 Å². The van der Waals surface area contributed by atoms with Gasteiger partial charge in [-0.1, -0.05) is 6.55 Å². The lowest BCUT2D eigenvalue weighted by Gasteiger charge is -2.38. The van der Waals surface area contributed by atoms with Crippen LogP contribution in [0, 0.1) is 0 Å². The van der Waals surface area contributed by atoms with E-state index in [1.165, 1.54) is 0 Å². The van der Waals surface area contributed by atoms with Gasteiger partial charge in [0.2, 0.25) is 0 Å². The second-order valence-electron chi connectivity index (χ2n) is 3.35. The van der Waals surface area contributed by atoms with Crippen molar-refractivity contribution in [1.29, 1.82) is 0 Å². The van der Waals surface area contributed by atoms with E-state index in [2.05, 4.69) is 25.2 Å². The third-order valence-corrected chi connectivity index (χ3v) is 10.4. The highest BCUT2D eigenvalue weighted by Gasteiger charge is 2.40. The molecule has 0 saturated carbocycles. The zero-order valence-electron chi connectivity index (χ0n) is 7.86. The molecule has 0 N–H and O–H groups in total. The van der Waals surface area contributed by atoms with Gasteiger partial charge in [-0.05, 0) is 27.9 Å². The summed E-state index contributed by atoms with van der Waals surface area (Å²) in [5.74, 6) is 0. The van der Waals surface area contributed by atoms with Crippen molar-refractivity contribution in [1.82, 2.24) is 4.57 Å². The predicted molar refractivity (Wildman–Crippen MR) is 55.9 cm³/mol. The summed E-state index contributed by atoms with van der Waals surface area (Å²) in [7, 11) is 2.50. The smallest absolute Gasteiger partial charge is 0.160 e. The van der Waals surface area contributed by atoms with Crippen LogP contribution >= 0.6 is 23.2 Å². The molecule has 2 atom stereocenters. The second kappa shape index (κ2) is 4.12. The molecule has 0 aromatic rings. The molecule has 0 radical (unpaired) electrons. The van der Waals surface area contributed by atoms with Gasteiger partial charge in [-0.2, -0.15) is 0 Å². The van der Waals surface area contributed by atoms with Crippen LogP contribution in [0.25, 0.3) is 0 Å². The molecular formula is C7H17Cl2NSi.